The van der Waals surface area contributed by atoms with Crippen LogP contribution in [0.25, 0.3) is 0 Å². The first kappa shape index (κ1) is 23.2. The summed E-state index contributed by atoms with van der Waals surface area (Å²) >= 11 is 0. The topological polar surface area (TPSA) is 90.5 Å². The Morgan fingerprint density at radius 2 is 1.56 bits per heavy atom. The highest BCUT2D eigenvalue weighted by atomic mass is 32.2. The van der Waals surface area contributed by atoms with Crippen LogP contribution in [0.5, 0.6) is 0 Å². The first-order chi connectivity index (χ1) is 15.4. The Labute approximate surface area is 189 Å². The van der Waals surface area contributed by atoms with Crippen LogP contribution in [0, 0.1) is 0 Å². The molecular weight excluding hydrogens is 432 g/mol. The maximum Gasteiger partial charge on any atom is 0.251 e. The third kappa shape index (κ3) is 4.83. The predicted molar refractivity (Wildman–Crippen MR) is 118 cm³/mol. The molecule has 3 heterocycles. The predicted octanol–water partition coefficient (Wildman–Crippen LogP) is 0.231. The standard InChI is InChI=1S/C22H32N4O5S/c1-18(23-9-11-25(12-10-23)22(28)20-8-5-17-31-20)21(27)24-13-15-26(16-14-24)32(29,30)19-6-3-2-4-7-19/h2-4,6-7,18,20H,5,8-17H2,1H3/t18-,20+/m0/s1. The molecule has 4 rings (SSSR count). The van der Waals surface area contributed by atoms with Crippen molar-refractivity contribution in [2.24, 2.45) is 0 Å². The maximum atomic E-state index is 13.1. The van der Waals surface area contributed by atoms with Gasteiger partial charge in [-0.25, -0.2) is 8.42 Å². The molecule has 2 atom stereocenters. The van der Waals surface area contributed by atoms with Crippen LogP contribution >= 0.6 is 0 Å². The molecule has 0 bridgehead atoms. The minimum Gasteiger partial charge on any atom is -0.368 e. The molecule has 10 heteroatoms. The summed E-state index contributed by atoms with van der Waals surface area (Å²) in [5.74, 6) is 0.0811. The van der Waals surface area contributed by atoms with Crippen molar-refractivity contribution in [1.82, 2.24) is 19.0 Å². The van der Waals surface area contributed by atoms with Crippen molar-refractivity contribution in [2.45, 2.75) is 36.8 Å². The van der Waals surface area contributed by atoms with Gasteiger partial charge in [0.2, 0.25) is 15.9 Å². The summed E-state index contributed by atoms with van der Waals surface area (Å²) in [6, 6.07) is 8.10. The number of rotatable bonds is 5. The van der Waals surface area contributed by atoms with Crippen LogP contribution in [0.2, 0.25) is 0 Å². The van der Waals surface area contributed by atoms with E-state index in [9.17, 15) is 18.0 Å². The molecule has 3 aliphatic rings. The zero-order valence-electron chi connectivity index (χ0n) is 18.6. The molecule has 3 saturated heterocycles. The summed E-state index contributed by atoms with van der Waals surface area (Å²) in [5, 5.41) is 0. The average Bonchev–Trinajstić information content (AvgIpc) is 3.38. The Morgan fingerprint density at radius 3 is 2.16 bits per heavy atom. The molecule has 0 unspecified atom stereocenters. The number of carbonyl (C=O) groups is 2. The fraction of sp³-hybridized carbons (Fsp3) is 0.636. The van der Waals surface area contributed by atoms with Crippen molar-refractivity contribution in [1.29, 1.82) is 0 Å². The number of nitrogens with zero attached hydrogens (tertiary/aromatic N) is 4. The quantitative estimate of drug-likeness (QED) is 0.620. The van der Waals surface area contributed by atoms with Gasteiger partial charge >= 0.3 is 0 Å². The molecule has 1 aromatic rings. The molecule has 3 aliphatic heterocycles. The monoisotopic (exact) mass is 464 g/mol. The van der Waals surface area contributed by atoms with Crippen LogP contribution in [-0.2, 0) is 24.3 Å². The van der Waals surface area contributed by atoms with E-state index in [1.54, 1.807) is 35.2 Å². The Balaban J connectivity index is 1.27. The summed E-state index contributed by atoms with van der Waals surface area (Å²) in [7, 11) is -3.54. The number of benzene rings is 1. The van der Waals surface area contributed by atoms with E-state index < -0.39 is 10.0 Å². The summed E-state index contributed by atoms with van der Waals surface area (Å²) in [6.07, 6.45) is 1.42. The van der Waals surface area contributed by atoms with Crippen LogP contribution in [0.15, 0.2) is 35.2 Å². The zero-order valence-corrected chi connectivity index (χ0v) is 19.4. The number of ether oxygens (including phenoxy) is 1. The van der Waals surface area contributed by atoms with E-state index >= 15 is 0 Å². The van der Waals surface area contributed by atoms with Gasteiger partial charge < -0.3 is 14.5 Å². The molecule has 0 aromatic heterocycles. The van der Waals surface area contributed by atoms with Crippen molar-refractivity contribution in [3.63, 3.8) is 0 Å². The number of hydrogen-bond donors (Lipinski definition) is 0. The van der Waals surface area contributed by atoms with Crippen LogP contribution in [0.1, 0.15) is 19.8 Å². The lowest BCUT2D eigenvalue weighted by atomic mass is 10.1. The van der Waals surface area contributed by atoms with Crippen LogP contribution in [0.4, 0.5) is 0 Å². The van der Waals surface area contributed by atoms with E-state index in [2.05, 4.69) is 4.90 Å². The summed E-state index contributed by atoms with van der Waals surface area (Å²) in [4.78, 5) is 31.6. The highest BCUT2D eigenvalue weighted by molar-refractivity contribution is 7.89. The van der Waals surface area contributed by atoms with E-state index in [1.165, 1.54) is 4.31 Å². The molecule has 176 valence electrons. The van der Waals surface area contributed by atoms with E-state index in [-0.39, 0.29) is 28.9 Å². The van der Waals surface area contributed by atoms with Gasteiger partial charge in [0.1, 0.15) is 6.10 Å². The smallest absolute Gasteiger partial charge is 0.251 e. The minimum absolute atomic E-state index is 0.0145. The second kappa shape index (κ2) is 9.86. The highest BCUT2D eigenvalue weighted by Gasteiger charge is 2.35. The van der Waals surface area contributed by atoms with Gasteiger partial charge in [0, 0.05) is 59.0 Å². The fourth-order valence-electron chi connectivity index (χ4n) is 4.62. The lowest BCUT2D eigenvalue weighted by Gasteiger charge is -2.41. The second-order valence-corrected chi connectivity index (χ2v) is 10.5. The van der Waals surface area contributed by atoms with Crippen LogP contribution in [0.3, 0.4) is 0 Å². The van der Waals surface area contributed by atoms with Gasteiger partial charge in [-0.1, -0.05) is 18.2 Å². The molecule has 1 aromatic carbocycles. The summed E-state index contributed by atoms with van der Waals surface area (Å²) in [6.45, 7) is 6.38. The zero-order chi connectivity index (χ0) is 22.7. The molecule has 3 fully saturated rings. The highest BCUT2D eigenvalue weighted by Crippen LogP contribution is 2.19. The van der Waals surface area contributed by atoms with E-state index in [0.717, 1.165) is 12.8 Å². The molecule has 0 spiro atoms. The lowest BCUT2D eigenvalue weighted by molar-refractivity contribution is -0.144. The van der Waals surface area contributed by atoms with Crippen molar-refractivity contribution in [3.05, 3.63) is 30.3 Å². The normalized spacial score (nSPS) is 24.5. The number of carbonyl (C=O) groups excluding carboxylic acids is 2. The van der Waals surface area contributed by atoms with Gasteiger partial charge in [0.05, 0.1) is 10.9 Å². The molecule has 0 aliphatic carbocycles. The van der Waals surface area contributed by atoms with Crippen molar-refractivity contribution >= 4 is 21.8 Å². The van der Waals surface area contributed by atoms with Gasteiger partial charge in [-0.2, -0.15) is 4.31 Å². The molecular formula is C22H32N4O5S. The van der Waals surface area contributed by atoms with Gasteiger partial charge in [-0.05, 0) is 31.9 Å². The molecule has 2 amide bonds. The minimum atomic E-state index is -3.54. The number of piperazine rings is 2. The van der Waals surface area contributed by atoms with Crippen molar-refractivity contribution in [3.8, 4) is 0 Å². The van der Waals surface area contributed by atoms with Gasteiger partial charge in [-0.15, -0.1) is 0 Å². The van der Waals surface area contributed by atoms with Gasteiger partial charge in [0.15, 0.2) is 0 Å². The molecule has 0 saturated carbocycles. The molecule has 0 N–H and O–H groups in total. The number of sulfonamides is 1. The summed E-state index contributed by atoms with van der Waals surface area (Å²) in [5.41, 5.74) is 0. The first-order valence-electron chi connectivity index (χ1n) is 11.4. The Morgan fingerprint density at radius 1 is 0.938 bits per heavy atom. The lowest BCUT2D eigenvalue weighted by Crippen LogP contribution is -2.59. The second-order valence-electron chi connectivity index (χ2n) is 8.58. The SMILES string of the molecule is C[C@@H](C(=O)N1CCN(S(=O)(=O)c2ccccc2)CC1)N1CCN(C(=O)[C@H]2CCCO2)CC1. The largest absolute Gasteiger partial charge is 0.368 e. The third-order valence-electron chi connectivity index (χ3n) is 6.67. The van der Waals surface area contributed by atoms with Crippen LogP contribution < -0.4 is 0 Å². The van der Waals surface area contributed by atoms with E-state index in [1.807, 2.05) is 11.8 Å². The van der Waals surface area contributed by atoms with Crippen molar-refractivity contribution in [2.75, 3.05) is 59.0 Å². The molecule has 9 nitrogen and oxygen atoms in total. The summed E-state index contributed by atoms with van der Waals surface area (Å²) < 4.78 is 32.6. The molecule has 0 radical (unpaired) electrons. The number of hydrogen-bond acceptors (Lipinski definition) is 6. The maximum absolute atomic E-state index is 13.1. The van der Waals surface area contributed by atoms with E-state index in [0.29, 0.717) is 59.0 Å². The van der Waals surface area contributed by atoms with Gasteiger partial charge in [0.25, 0.3) is 5.91 Å². The Bertz CT molecular complexity index is 904. The average molecular weight is 465 g/mol. The van der Waals surface area contributed by atoms with Crippen molar-refractivity contribution < 1.29 is 22.7 Å². The Kier molecular flexibility index (Phi) is 7.14. The number of amides is 2. The first-order valence-corrected chi connectivity index (χ1v) is 12.8. The molecule has 32 heavy (non-hydrogen) atoms. The van der Waals surface area contributed by atoms with E-state index in [4.69, 9.17) is 4.74 Å². The Hall–Kier alpha value is -2.01. The van der Waals surface area contributed by atoms with Gasteiger partial charge in [-0.3, -0.25) is 14.5 Å². The fourth-order valence-corrected chi connectivity index (χ4v) is 6.06. The van der Waals surface area contributed by atoms with Crippen LogP contribution in [-0.4, -0.2) is 110 Å². The third-order valence-corrected chi connectivity index (χ3v) is 8.58.